The molecule has 0 unspecified atom stereocenters. The summed E-state index contributed by atoms with van der Waals surface area (Å²) < 4.78 is 41.8. The largest absolute Gasteiger partial charge is 0.465 e. The van der Waals surface area contributed by atoms with Gasteiger partial charge in [-0.05, 0) is 55.3 Å². The van der Waals surface area contributed by atoms with Crippen molar-refractivity contribution < 1.29 is 27.1 Å². The number of nitrogens with zero attached hydrogens (tertiary/aromatic N) is 2. The highest BCUT2D eigenvalue weighted by atomic mass is 32.2. The molecule has 3 aromatic rings. The maximum Gasteiger partial charge on any atom is 0.337 e. The van der Waals surface area contributed by atoms with E-state index in [1.54, 1.807) is 43.3 Å². The summed E-state index contributed by atoms with van der Waals surface area (Å²) in [5, 5.41) is 0. The van der Waals surface area contributed by atoms with Gasteiger partial charge in [0.15, 0.2) is 9.84 Å². The predicted molar refractivity (Wildman–Crippen MR) is 126 cm³/mol. The Balaban J connectivity index is 1.42. The first kappa shape index (κ1) is 24.1. The van der Waals surface area contributed by atoms with Gasteiger partial charge in [0, 0.05) is 25.2 Å². The van der Waals surface area contributed by atoms with Crippen LogP contribution in [-0.2, 0) is 31.5 Å². The fourth-order valence-corrected chi connectivity index (χ4v) is 5.14. The fraction of sp³-hybridized carbons (Fsp3) is 0.360. The Morgan fingerprint density at radius 1 is 1.06 bits per heavy atom. The third kappa shape index (κ3) is 5.72. The summed E-state index contributed by atoms with van der Waals surface area (Å²) in [6.07, 6.45) is 0.862. The van der Waals surface area contributed by atoms with Crippen molar-refractivity contribution in [1.29, 1.82) is 0 Å². The number of benzene rings is 2. The number of carbonyl (C=O) groups is 1. The highest BCUT2D eigenvalue weighted by Gasteiger charge is 2.21. The normalized spacial score (nSPS) is 14.8. The summed E-state index contributed by atoms with van der Waals surface area (Å²) in [5.74, 6) is 0.0553. The maximum absolute atomic E-state index is 13.0. The molecule has 0 atom stereocenters. The molecule has 1 saturated heterocycles. The van der Waals surface area contributed by atoms with Gasteiger partial charge in [0.05, 0.1) is 36.5 Å². The lowest BCUT2D eigenvalue weighted by atomic mass is 10.1. The molecule has 34 heavy (non-hydrogen) atoms. The molecule has 0 bridgehead atoms. The van der Waals surface area contributed by atoms with Crippen molar-refractivity contribution in [2.75, 3.05) is 40.0 Å². The molecule has 8 nitrogen and oxygen atoms in total. The van der Waals surface area contributed by atoms with Gasteiger partial charge in [0.1, 0.15) is 11.5 Å². The van der Waals surface area contributed by atoms with Crippen molar-refractivity contribution >= 4 is 15.8 Å². The molecule has 2 aromatic carbocycles. The number of morpholine rings is 1. The van der Waals surface area contributed by atoms with Crippen molar-refractivity contribution in [2.45, 2.75) is 24.0 Å². The molecule has 0 saturated carbocycles. The molecule has 9 heteroatoms. The lowest BCUT2D eigenvalue weighted by Crippen LogP contribution is -2.37. The van der Waals surface area contributed by atoms with Crippen LogP contribution in [0.3, 0.4) is 0 Å². The van der Waals surface area contributed by atoms with Gasteiger partial charge in [-0.2, -0.15) is 0 Å². The maximum atomic E-state index is 13.0. The lowest BCUT2D eigenvalue weighted by Gasteiger charge is -2.26. The quantitative estimate of drug-likeness (QED) is 0.449. The van der Waals surface area contributed by atoms with E-state index < -0.39 is 15.8 Å². The molecule has 0 radical (unpaired) electrons. The van der Waals surface area contributed by atoms with Crippen LogP contribution in [0, 0.1) is 6.92 Å². The minimum Gasteiger partial charge on any atom is -0.465 e. The number of ether oxygens (including phenoxy) is 2. The van der Waals surface area contributed by atoms with Crippen LogP contribution in [-0.4, -0.2) is 64.2 Å². The van der Waals surface area contributed by atoms with Gasteiger partial charge >= 0.3 is 5.97 Å². The number of sulfone groups is 1. The Hall–Kier alpha value is -3.01. The fourth-order valence-electron chi connectivity index (χ4n) is 3.79. The molecule has 0 amide bonds. The summed E-state index contributed by atoms with van der Waals surface area (Å²) >= 11 is 0. The first-order chi connectivity index (χ1) is 16.4. The standard InChI is InChI=1S/C25H28N2O6S/c1-18-23(26-24(33-18)20-5-7-21(8-6-20)25(28)31-2)17-34(29,30)22-9-3-19(4-10-22)11-12-27-13-15-32-16-14-27/h3-10H,11-17H2,1-2H3. The van der Waals surface area contributed by atoms with Crippen molar-refractivity contribution in [1.82, 2.24) is 9.88 Å². The van der Waals surface area contributed by atoms with E-state index in [1.165, 1.54) is 7.11 Å². The van der Waals surface area contributed by atoms with Crippen LogP contribution in [0.4, 0.5) is 0 Å². The Bertz CT molecular complexity index is 1230. The summed E-state index contributed by atoms with van der Waals surface area (Å²) in [6, 6.07) is 13.7. The molecule has 180 valence electrons. The van der Waals surface area contributed by atoms with Gasteiger partial charge in [-0.25, -0.2) is 18.2 Å². The topological polar surface area (TPSA) is 98.9 Å². The molecule has 4 rings (SSSR count). The van der Waals surface area contributed by atoms with Crippen LogP contribution < -0.4 is 0 Å². The Labute approximate surface area is 199 Å². The van der Waals surface area contributed by atoms with E-state index in [9.17, 15) is 13.2 Å². The monoisotopic (exact) mass is 484 g/mol. The van der Waals surface area contributed by atoms with Crippen LogP contribution >= 0.6 is 0 Å². The number of aryl methyl sites for hydroxylation is 1. The van der Waals surface area contributed by atoms with Crippen LogP contribution in [0.5, 0.6) is 0 Å². The third-order valence-electron chi connectivity index (χ3n) is 5.88. The second-order valence-electron chi connectivity index (χ2n) is 8.20. The summed E-state index contributed by atoms with van der Waals surface area (Å²) in [7, 11) is -2.27. The van der Waals surface area contributed by atoms with E-state index in [-0.39, 0.29) is 10.6 Å². The lowest BCUT2D eigenvalue weighted by molar-refractivity contribution is 0.0384. The van der Waals surface area contributed by atoms with E-state index in [4.69, 9.17) is 13.9 Å². The number of methoxy groups -OCH3 is 1. The van der Waals surface area contributed by atoms with Gasteiger partial charge in [0.25, 0.3) is 0 Å². The van der Waals surface area contributed by atoms with Gasteiger partial charge in [-0.3, -0.25) is 4.90 Å². The predicted octanol–water partition coefficient (Wildman–Crippen LogP) is 3.29. The molecule has 1 aliphatic heterocycles. The smallest absolute Gasteiger partial charge is 0.337 e. The molecular formula is C25H28N2O6S. The third-order valence-corrected chi connectivity index (χ3v) is 7.52. The van der Waals surface area contributed by atoms with Gasteiger partial charge in [-0.1, -0.05) is 12.1 Å². The minimum absolute atomic E-state index is 0.254. The van der Waals surface area contributed by atoms with Crippen molar-refractivity contribution in [2.24, 2.45) is 0 Å². The van der Waals surface area contributed by atoms with E-state index in [2.05, 4.69) is 9.88 Å². The number of hydrogen-bond acceptors (Lipinski definition) is 8. The van der Waals surface area contributed by atoms with E-state index in [0.29, 0.717) is 28.5 Å². The zero-order valence-corrected chi connectivity index (χ0v) is 20.1. The van der Waals surface area contributed by atoms with E-state index >= 15 is 0 Å². The van der Waals surface area contributed by atoms with Gasteiger partial charge < -0.3 is 13.9 Å². The Morgan fingerprint density at radius 2 is 1.74 bits per heavy atom. The molecule has 0 aliphatic carbocycles. The van der Waals surface area contributed by atoms with Crippen molar-refractivity contribution in [3.05, 3.63) is 71.1 Å². The Kier molecular flexibility index (Phi) is 7.45. The van der Waals surface area contributed by atoms with Crippen molar-refractivity contribution in [3.8, 4) is 11.5 Å². The number of rotatable bonds is 8. The average molecular weight is 485 g/mol. The first-order valence-corrected chi connectivity index (χ1v) is 12.8. The molecule has 1 aliphatic rings. The Morgan fingerprint density at radius 3 is 2.38 bits per heavy atom. The molecule has 1 fully saturated rings. The van der Waals surface area contributed by atoms with Crippen LogP contribution in [0.25, 0.3) is 11.5 Å². The highest BCUT2D eigenvalue weighted by molar-refractivity contribution is 7.90. The van der Waals surface area contributed by atoms with Crippen LogP contribution in [0.1, 0.15) is 27.4 Å². The molecule has 2 heterocycles. The van der Waals surface area contributed by atoms with Crippen LogP contribution in [0.15, 0.2) is 57.8 Å². The molecule has 0 N–H and O–H groups in total. The first-order valence-electron chi connectivity index (χ1n) is 11.1. The number of hydrogen-bond donors (Lipinski definition) is 0. The van der Waals surface area contributed by atoms with Crippen molar-refractivity contribution in [3.63, 3.8) is 0 Å². The minimum atomic E-state index is -3.59. The molecular weight excluding hydrogens is 456 g/mol. The van der Waals surface area contributed by atoms with E-state index in [0.717, 1.165) is 44.8 Å². The molecule has 1 aromatic heterocycles. The second-order valence-corrected chi connectivity index (χ2v) is 10.2. The van der Waals surface area contributed by atoms with Crippen LogP contribution in [0.2, 0.25) is 0 Å². The zero-order valence-electron chi connectivity index (χ0n) is 19.3. The molecule has 0 spiro atoms. The van der Waals surface area contributed by atoms with Gasteiger partial charge in [0.2, 0.25) is 5.89 Å². The number of carbonyl (C=O) groups excluding carboxylic acids is 1. The SMILES string of the molecule is COC(=O)c1ccc(-c2nc(CS(=O)(=O)c3ccc(CCN4CCOCC4)cc3)c(C)o2)cc1. The number of esters is 1. The average Bonchev–Trinajstić information content (AvgIpc) is 3.22. The zero-order chi connectivity index (χ0) is 24.1. The summed E-state index contributed by atoms with van der Waals surface area (Å²) in [4.78, 5) is 18.6. The summed E-state index contributed by atoms with van der Waals surface area (Å²) in [5.41, 5.74) is 2.51. The number of oxazole rings is 1. The van der Waals surface area contributed by atoms with E-state index in [1.807, 2.05) is 12.1 Å². The summed E-state index contributed by atoms with van der Waals surface area (Å²) in [6.45, 7) is 6.01. The van der Waals surface area contributed by atoms with Gasteiger partial charge in [-0.15, -0.1) is 0 Å². The number of aromatic nitrogens is 1. The highest BCUT2D eigenvalue weighted by Crippen LogP contribution is 2.25. The second kappa shape index (κ2) is 10.5.